The summed E-state index contributed by atoms with van der Waals surface area (Å²) < 4.78 is 25.9. The number of nitrogens with two attached hydrogens (primary N) is 1. The highest BCUT2D eigenvalue weighted by Crippen LogP contribution is 2.28. The van der Waals surface area contributed by atoms with E-state index in [-0.39, 0.29) is 4.90 Å². The molecule has 1 unspecified atom stereocenters. The largest absolute Gasteiger partial charge is 0.397 e. The van der Waals surface area contributed by atoms with Crippen LogP contribution in [0.1, 0.15) is 40.0 Å². The molecule has 21 heavy (non-hydrogen) atoms. The van der Waals surface area contributed by atoms with Gasteiger partial charge < -0.3 is 10.6 Å². The van der Waals surface area contributed by atoms with E-state index in [1.165, 1.54) is 13.1 Å². The molecular weight excluding hydrogens is 286 g/mol. The zero-order chi connectivity index (χ0) is 16.0. The first kappa shape index (κ1) is 17.8. The predicted octanol–water partition coefficient (Wildman–Crippen LogP) is 2.58. The molecule has 1 aromatic rings. The van der Waals surface area contributed by atoms with Crippen LogP contribution in [-0.4, -0.2) is 28.1 Å². The third kappa shape index (κ3) is 4.35. The van der Waals surface area contributed by atoms with Gasteiger partial charge in [0.25, 0.3) is 0 Å². The van der Waals surface area contributed by atoms with Crippen LogP contribution in [-0.2, 0) is 10.0 Å². The van der Waals surface area contributed by atoms with Crippen molar-refractivity contribution in [1.29, 1.82) is 0 Å². The van der Waals surface area contributed by atoms with Crippen molar-refractivity contribution in [3.05, 3.63) is 18.2 Å². The first-order chi connectivity index (χ1) is 9.87. The number of nitrogen functional groups attached to an aromatic ring is 1. The molecule has 0 amide bonds. The maximum Gasteiger partial charge on any atom is 0.240 e. The third-order valence-electron chi connectivity index (χ3n) is 3.76. The predicted molar refractivity (Wildman–Crippen MR) is 89.1 cm³/mol. The summed E-state index contributed by atoms with van der Waals surface area (Å²) in [7, 11) is -2.06. The minimum absolute atomic E-state index is 0.200. The van der Waals surface area contributed by atoms with Gasteiger partial charge in [-0.1, -0.05) is 20.3 Å². The highest BCUT2D eigenvalue weighted by molar-refractivity contribution is 7.89. The Kier molecular flexibility index (Phi) is 6.48. The number of anilines is 2. The summed E-state index contributed by atoms with van der Waals surface area (Å²) in [6.07, 6.45) is 3.21. The Morgan fingerprint density at radius 3 is 2.48 bits per heavy atom. The lowest BCUT2D eigenvalue weighted by molar-refractivity contribution is 0.587. The summed E-state index contributed by atoms with van der Waals surface area (Å²) in [5, 5.41) is 0. The summed E-state index contributed by atoms with van der Waals surface area (Å²) in [5.74, 6) is 0. The molecule has 0 radical (unpaired) electrons. The maximum atomic E-state index is 11.8. The first-order valence-electron chi connectivity index (χ1n) is 7.47. The van der Waals surface area contributed by atoms with Crippen LogP contribution in [0.25, 0.3) is 0 Å². The molecule has 1 aromatic carbocycles. The fourth-order valence-electron chi connectivity index (χ4n) is 2.21. The molecule has 6 heteroatoms. The fourth-order valence-corrected chi connectivity index (χ4v) is 2.97. The summed E-state index contributed by atoms with van der Waals surface area (Å²) in [6, 6.07) is 5.31. The number of sulfonamides is 1. The average molecular weight is 313 g/mol. The van der Waals surface area contributed by atoms with Crippen molar-refractivity contribution in [2.24, 2.45) is 0 Å². The maximum absolute atomic E-state index is 11.8. The zero-order valence-electron chi connectivity index (χ0n) is 13.4. The van der Waals surface area contributed by atoms with E-state index in [1.54, 1.807) is 12.1 Å². The van der Waals surface area contributed by atoms with Gasteiger partial charge in [-0.3, -0.25) is 0 Å². The number of benzene rings is 1. The molecule has 120 valence electrons. The highest BCUT2D eigenvalue weighted by Gasteiger charge is 2.18. The van der Waals surface area contributed by atoms with Gasteiger partial charge in [0.15, 0.2) is 0 Å². The van der Waals surface area contributed by atoms with E-state index >= 15 is 0 Å². The zero-order valence-corrected chi connectivity index (χ0v) is 14.2. The Hall–Kier alpha value is -1.27. The molecule has 0 saturated heterocycles. The van der Waals surface area contributed by atoms with Crippen LogP contribution in [0.3, 0.4) is 0 Å². The second-order valence-electron chi connectivity index (χ2n) is 5.23. The molecular formula is C15H27N3O2S. The van der Waals surface area contributed by atoms with E-state index in [2.05, 4.69) is 30.4 Å². The van der Waals surface area contributed by atoms with E-state index < -0.39 is 10.0 Å². The molecule has 0 fully saturated rings. The van der Waals surface area contributed by atoms with Gasteiger partial charge in [-0.15, -0.1) is 0 Å². The van der Waals surface area contributed by atoms with Crippen molar-refractivity contribution in [3.63, 3.8) is 0 Å². The number of unbranched alkanes of at least 4 members (excludes halogenated alkanes) is 1. The van der Waals surface area contributed by atoms with Crippen molar-refractivity contribution in [2.45, 2.75) is 51.0 Å². The van der Waals surface area contributed by atoms with Crippen LogP contribution >= 0.6 is 0 Å². The number of nitrogens with one attached hydrogen (secondary N) is 1. The molecule has 0 aliphatic heterocycles. The van der Waals surface area contributed by atoms with Crippen LogP contribution in [0.15, 0.2) is 23.1 Å². The van der Waals surface area contributed by atoms with E-state index in [0.717, 1.165) is 31.5 Å². The molecule has 0 aliphatic rings. The highest BCUT2D eigenvalue weighted by atomic mass is 32.2. The molecule has 1 atom stereocenters. The molecule has 3 N–H and O–H groups in total. The van der Waals surface area contributed by atoms with E-state index in [1.807, 2.05) is 0 Å². The first-order valence-corrected chi connectivity index (χ1v) is 8.95. The Balaban J connectivity index is 3.16. The lowest BCUT2D eigenvalue weighted by atomic mass is 10.1. The third-order valence-corrected chi connectivity index (χ3v) is 5.17. The second-order valence-corrected chi connectivity index (χ2v) is 7.12. The molecule has 0 aromatic heterocycles. The number of nitrogens with zero attached hydrogens (tertiary/aromatic N) is 1. The Morgan fingerprint density at radius 2 is 2.00 bits per heavy atom. The fraction of sp³-hybridized carbons (Fsp3) is 0.600. The van der Waals surface area contributed by atoms with Crippen LogP contribution in [0, 0.1) is 0 Å². The Morgan fingerprint density at radius 1 is 1.33 bits per heavy atom. The lowest BCUT2D eigenvalue weighted by Crippen LogP contribution is -2.34. The van der Waals surface area contributed by atoms with Crippen LogP contribution in [0.4, 0.5) is 11.4 Å². The SMILES string of the molecule is CCCCN(c1ccc(S(=O)(=O)NC)cc1N)C(C)CC. The van der Waals surface area contributed by atoms with Gasteiger partial charge in [-0.25, -0.2) is 13.1 Å². The van der Waals surface area contributed by atoms with Crippen molar-refractivity contribution < 1.29 is 8.42 Å². The number of hydrogen-bond donors (Lipinski definition) is 2. The van der Waals surface area contributed by atoms with Gasteiger partial charge in [0.2, 0.25) is 10.0 Å². The summed E-state index contributed by atoms with van der Waals surface area (Å²) >= 11 is 0. The number of rotatable bonds is 8. The van der Waals surface area contributed by atoms with Crippen molar-refractivity contribution in [3.8, 4) is 0 Å². The minimum Gasteiger partial charge on any atom is -0.397 e. The van der Waals surface area contributed by atoms with Crippen molar-refractivity contribution >= 4 is 21.4 Å². The monoisotopic (exact) mass is 313 g/mol. The van der Waals surface area contributed by atoms with Gasteiger partial charge in [0.1, 0.15) is 0 Å². The smallest absolute Gasteiger partial charge is 0.240 e. The van der Waals surface area contributed by atoms with Crippen molar-refractivity contribution in [1.82, 2.24) is 4.72 Å². The Labute approximate surface area is 128 Å². The van der Waals surface area contributed by atoms with Gasteiger partial charge in [-0.05, 0) is 45.0 Å². The van der Waals surface area contributed by atoms with Gasteiger partial charge >= 0.3 is 0 Å². The standard InChI is InChI=1S/C15H27N3O2S/c1-5-7-10-18(12(3)6-2)15-9-8-13(11-14(15)16)21(19,20)17-4/h8-9,11-12,17H,5-7,10,16H2,1-4H3. The molecule has 0 spiro atoms. The topological polar surface area (TPSA) is 75.4 Å². The van der Waals surface area contributed by atoms with E-state index in [9.17, 15) is 8.42 Å². The number of hydrogen-bond acceptors (Lipinski definition) is 4. The molecule has 0 heterocycles. The van der Waals surface area contributed by atoms with Crippen molar-refractivity contribution in [2.75, 3.05) is 24.2 Å². The van der Waals surface area contributed by atoms with Crippen LogP contribution in [0.2, 0.25) is 0 Å². The summed E-state index contributed by atoms with van der Waals surface area (Å²) in [5.41, 5.74) is 7.52. The van der Waals surface area contributed by atoms with Gasteiger partial charge in [-0.2, -0.15) is 0 Å². The summed E-state index contributed by atoms with van der Waals surface area (Å²) in [4.78, 5) is 2.46. The molecule has 0 bridgehead atoms. The lowest BCUT2D eigenvalue weighted by Gasteiger charge is -2.32. The van der Waals surface area contributed by atoms with Crippen LogP contribution < -0.4 is 15.4 Å². The van der Waals surface area contributed by atoms with Gasteiger partial charge in [0, 0.05) is 12.6 Å². The minimum atomic E-state index is -3.45. The molecule has 1 rings (SSSR count). The summed E-state index contributed by atoms with van der Waals surface area (Å²) in [6.45, 7) is 7.38. The average Bonchev–Trinajstić information content (AvgIpc) is 2.48. The normalized spacial score (nSPS) is 13.1. The van der Waals surface area contributed by atoms with Crippen LogP contribution in [0.5, 0.6) is 0 Å². The quantitative estimate of drug-likeness (QED) is 0.723. The van der Waals surface area contributed by atoms with E-state index in [0.29, 0.717) is 11.7 Å². The molecule has 5 nitrogen and oxygen atoms in total. The van der Waals surface area contributed by atoms with E-state index in [4.69, 9.17) is 5.73 Å². The molecule has 0 aliphatic carbocycles. The van der Waals surface area contributed by atoms with Gasteiger partial charge in [0.05, 0.1) is 16.3 Å². The Bertz CT molecular complexity index is 558. The molecule has 0 saturated carbocycles. The second kappa shape index (κ2) is 7.66.